The number of hydrogen-bond acceptors (Lipinski definition) is 3. The van der Waals surface area contributed by atoms with Crippen LogP contribution in [0.3, 0.4) is 0 Å². The number of nitrogens with one attached hydrogen (secondary N) is 1. The normalized spacial score (nSPS) is 12.6. The molecule has 4 nitrogen and oxygen atoms in total. The van der Waals surface area contributed by atoms with E-state index in [-0.39, 0.29) is 6.04 Å². The van der Waals surface area contributed by atoms with Crippen molar-refractivity contribution in [1.82, 2.24) is 20.1 Å². The predicted octanol–water partition coefficient (Wildman–Crippen LogP) is 3.51. The van der Waals surface area contributed by atoms with Gasteiger partial charge in [0.15, 0.2) is 0 Å². The zero-order chi connectivity index (χ0) is 14.5. The van der Waals surface area contributed by atoms with E-state index < -0.39 is 0 Å². The molecule has 0 aliphatic carbocycles. The fraction of sp³-hybridized carbons (Fsp3) is 0.429. The Hall–Kier alpha value is -0.910. The van der Waals surface area contributed by atoms with Gasteiger partial charge >= 0.3 is 0 Å². The summed E-state index contributed by atoms with van der Waals surface area (Å²) >= 11 is 9.65. The van der Waals surface area contributed by atoms with Crippen molar-refractivity contribution in [3.8, 4) is 0 Å². The minimum atomic E-state index is 0.174. The standard InChI is InChI=1S/C14H18BrClN4/c1-3-4-17-13(8-14-18-9-19-20(14)2)10-5-11(15)7-12(16)6-10/h5-7,9,13,17H,3-4,8H2,1-2H3. The van der Waals surface area contributed by atoms with Crippen LogP contribution in [0.4, 0.5) is 0 Å². The van der Waals surface area contributed by atoms with Crippen molar-refractivity contribution in [3.63, 3.8) is 0 Å². The molecular weight excluding hydrogens is 340 g/mol. The Morgan fingerprint density at radius 3 is 2.80 bits per heavy atom. The number of hydrogen-bond donors (Lipinski definition) is 1. The minimum absolute atomic E-state index is 0.174. The molecule has 1 atom stereocenters. The lowest BCUT2D eigenvalue weighted by Crippen LogP contribution is -2.25. The van der Waals surface area contributed by atoms with Crippen molar-refractivity contribution in [1.29, 1.82) is 0 Å². The maximum Gasteiger partial charge on any atom is 0.138 e. The minimum Gasteiger partial charge on any atom is -0.310 e. The molecular formula is C14H18BrClN4. The van der Waals surface area contributed by atoms with E-state index in [4.69, 9.17) is 11.6 Å². The summed E-state index contributed by atoms with van der Waals surface area (Å²) in [4.78, 5) is 4.30. The highest BCUT2D eigenvalue weighted by Gasteiger charge is 2.15. The molecule has 0 aliphatic heterocycles. The molecule has 0 aliphatic rings. The first-order chi connectivity index (χ1) is 9.60. The molecule has 20 heavy (non-hydrogen) atoms. The van der Waals surface area contributed by atoms with Gasteiger partial charge in [0.05, 0.1) is 0 Å². The van der Waals surface area contributed by atoms with Gasteiger partial charge in [0.2, 0.25) is 0 Å². The number of aryl methyl sites for hydroxylation is 1. The maximum absolute atomic E-state index is 6.15. The zero-order valence-corrected chi connectivity index (χ0v) is 13.9. The summed E-state index contributed by atoms with van der Waals surface area (Å²) in [6.45, 7) is 3.10. The van der Waals surface area contributed by atoms with Crippen LogP contribution in [0.2, 0.25) is 5.02 Å². The average Bonchev–Trinajstić information content (AvgIpc) is 2.78. The third-order valence-electron chi connectivity index (χ3n) is 3.12. The van der Waals surface area contributed by atoms with Crippen molar-refractivity contribution < 1.29 is 0 Å². The summed E-state index contributed by atoms with van der Waals surface area (Å²) in [6.07, 6.45) is 3.44. The van der Waals surface area contributed by atoms with Crippen LogP contribution in [-0.4, -0.2) is 21.3 Å². The smallest absolute Gasteiger partial charge is 0.138 e. The molecule has 0 saturated carbocycles. The number of aromatic nitrogens is 3. The van der Waals surface area contributed by atoms with Gasteiger partial charge in [-0.1, -0.05) is 34.5 Å². The van der Waals surface area contributed by atoms with Crippen LogP contribution < -0.4 is 5.32 Å². The molecule has 2 aromatic rings. The second kappa shape index (κ2) is 7.20. The lowest BCUT2D eigenvalue weighted by Gasteiger charge is -2.19. The number of rotatable bonds is 6. The molecule has 1 N–H and O–H groups in total. The van der Waals surface area contributed by atoms with E-state index in [0.29, 0.717) is 0 Å². The molecule has 6 heteroatoms. The highest BCUT2D eigenvalue weighted by molar-refractivity contribution is 9.10. The predicted molar refractivity (Wildman–Crippen MR) is 84.9 cm³/mol. The molecule has 1 aromatic heterocycles. The Morgan fingerprint density at radius 1 is 1.40 bits per heavy atom. The lowest BCUT2D eigenvalue weighted by molar-refractivity contribution is 0.506. The van der Waals surface area contributed by atoms with Gasteiger partial charge in [-0.3, -0.25) is 4.68 Å². The van der Waals surface area contributed by atoms with Crippen LogP contribution >= 0.6 is 27.5 Å². The summed E-state index contributed by atoms with van der Waals surface area (Å²) < 4.78 is 2.79. The number of halogens is 2. The molecule has 1 aromatic carbocycles. The fourth-order valence-corrected chi connectivity index (χ4v) is 2.98. The van der Waals surface area contributed by atoms with Gasteiger partial charge in [0.1, 0.15) is 12.2 Å². The second-order valence-corrected chi connectivity index (χ2v) is 6.07. The molecule has 0 spiro atoms. The second-order valence-electron chi connectivity index (χ2n) is 4.71. The van der Waals surface area contributed by atoms with Crippen molar-refractivity contribution in [2.24, 2.45) is 7.05 Å². The third-order valence-corrected chi connectivity index (χ3v) is 3.80. The van der Waals surface area contributed by atoms with Gasteiger partial charge in [-0.15, -0.1) is 0 Å². The van der Waals surface area contributed by atoms with Gasteiger partial charge in [-0.05, 0) is 36.7 Å². The fourth-order valence-electron chi connectivity index (χ4n) is 2.09. The van der Waals surface area contributed by atoms with Crippen molar-refractivity contribution >= 4 is 27.5 Å². The van der Waals surface area contributed by atoms with E-state index in [9.17, 15) is 0 Å². The number of benzene rings is 1. The largest absolute Gasteiger partial charge is 0.310 e. The van der Waals surface area contributed by atoms with E-state index in [1.165, 1.54) is 0 Å². The Bertz CT molecular complexity index is 550. The molecule has 0 saturated heterocycles. The van der Waals surface area contributed by atoms with Crippen molar-refractivity contribution in [3.05, 3.63) is 45.4 Å². The van der Waals surface area contributed by atoms with Gasteiger partial charge in [-0.2, -0.15) is 5.10 Å². The molecule has 1 heterocycles. The van der Waals surface area contributed by atoms with Crippen LogP contribution in [-0.2, 0) is 13.5 Å². The zero-order valence-electron chi connectivity index (χ0n) is 11.6. The van der Waals surface area contributed by atoms with Crippen LogP contribution in [0.25, 0.3) is 0 Å². The topological polar surface area (TPSA) is 42.7 Å². The quantitative estimate of drug-likeness (QED) is 0.860. The van der Waals surface area contributed by atoms with Crippen LogP contribution in [0.5, 0.6) is 0 Å². The Labute approximate surface area is 132 Å². The van der Waals surface area contributed by atoms with E-state index in [2.05, 4.69) is 44.3 Å². The highest BCUT2D eigenvalue weighted by atomic mass is 79.9. The Kier molecular flexibility index (Phi) is 5.57. The number of nitrogens with zero attached hydrogens (tertiary/aromatic N) is 3. The van der Waals surface area contributed by atoms with E-state index >= 15 is 0 Å². The summed E-state index contributed by atoms with van der Waals surface area (Å²) in [7, 11) is 1.91. The maximum atomic E-state index is 6.15. The first-order valence-electron chi connectivity index (χ1n) is 6.62. The van der Waals surface area contributed by atoms with E-state index in [0.717, 1.165) is 40.3 Å². The summed E-state index contributed by atoms with van der Waals surface area (Å²) in [5.74, 6) is 0.953. The van der Waals surface area contributed by atoms with Crippen LogP contribution in [0.15, 0.2) is 29.0 Å². The first-order valence-corrected chi connectivity index (χ1v) is 7.79. The monoisotopic (exact) mass is 356 g/mol. The summed E-state index contributed by atoms with van der Waals surface area (Å²) in [5.41, 5.74) is 1.15. The highest BCUT2D eigenvalue weighted by Crippen LogP contribution is 2.25. The SMILES string of the molecule is CCCNC(Cc1ncnn1C)c1cc(Cl)cc(Br)c1. The van der Waals surface area contributed by atoms with Gasteiger partial charge in [0, 0.05) is 29.0 Å². The van der Waals surface area contributed by atoms with Crippen LogP contribution in [0.1, 0.15) is 30.8 Å². The van der Waals surface area contributed by atoms with E-state index in [1.807, 2.05) is 19.2 Å². The summed E-state index contributed by atoms with van der Waals surface area (Å²) in [6, 6.07) is 6.16. The van der Waals surface area contributed by atoms with Gasteiger partial charge in [-0.25, -0.2) is 4.98 Å². The molecule has 1 unspecified atom stereocenters. The molecule has 0 fully saturated rings. The molecule has 0 radical (unpaired) electrons. The van der Waals surface area contributed by atoms with Gasteiger partial charge < -0.3 is 5.32 Å². The average molecular weight is 358 g/mol. The molecule has 108 valence electrons. The van der Waals surface area contributed by atoms with Crippen molar-refractivity contribution in [2.75, 3.05) is 6.54 Å². The molecule has 0 bridgehead atoms. The Balaban J connectivity index is 2.24. The van der Waals surface area contributed by atoms with Gasteiger partial charge in [0.25, 0.3) is 0 Å². The summed E-state index contributed by atoms with van der Waals surface area (Å²) in [5, 5.41) is 8.40. The first kappa shape index (κ1) is 15.5. The molecule has 2 rings (SSSR count). The van der Waals surface area contributed by atoms with E-state index in [1.54, 1.807) is 11.0 Å². The van der Waals surface area contributed by atoms with Crippen LogP contribution in [0, 0.1) is 0 Å². The molecule has 0 amide bonds. The van der Waals surface area contributed by atoms with Crippen molar-refractivity contribution in [2.45, 2.75) is 25.8 Å². The third kappa shape index (κ3) is 4.04. The lowest BCUT2D eigenvalue weighted by atomic mass is 10.0. The Morgan fingerprint density at radius 2 is 2.20 bits per heavy atom.